The molecule has 0 radical (unpaired) electrons. The molecule has 1 aliphatic carbocycles. The highest BCUT2D eigenvalue weighted by molar-refractivity contribution is 6.19. The van der Waals surface area contributed by atoms with Crippen LogP contribution >= 0.6 is 0 Å². The number of aromatic amines is 1. The number of H-pyrrole nitrogens is 1. The van der Waals surface area contributed by atoms with Gasteiger partial charge >= 0.3 is 0 Å². The Hall–Kier alpha value is -4.10. The molecule has 0 saturated heterocycles. The summed E-state index contributed by atoms with van der Waals surface area (Å²) in [5, 5.41) is 7.74. The average molecular weight is 450 g/mol. The van der Waals surface area contributed by atoms with Gasteiger partial charge < -0.3 is 4.98 Å². The molecule has 5 aromatic carbocycles. The number of fused-ring (bicyclic) bond motifs is 9. The van der Waals surface area contributed by atoms with Gasteiger partial charge in [0.25, 0.3) is 0 Å². The van der Waals surface area contributed by atoms with E-state index in [1.807, 2.05) is 6.92 Å². The van der Waals surface area contributed by atoms with Crippen LogP contribution in [0.5, 0.6) is 0 Å². The number of hydrogen-bond donors (Lipinski definition) is 1. The summed E-state index contributed by atoms with van der Waals surface area (Å²) in [7, 11) is 0. The van der Waals surface area contributed by atoms with Crippen LogP contribution in [0.15, 0.2) is 97.1 Å². The van der Waals surface area contributed by atoms with E-state index >= 15 is 0 Å². The van der Waals surface area contributed by atoms with Crippen molar-refractivity contribution in [1.29, 1.82) is 0 Å². The Morgan fingerprint density at radius 3 is 2.23 bits per heavy atom. The summed E-state index contributed by atoms with van der Waals surface area (Å²) < 4.78 is 0. The summed E-state index contributed by atoms with van der Waals surface area (Å²) in [6, 6.07) is 29.5. The zero-order valence-electron chi connectivity index (χ0n) is 20.3. The standard InChI is InChI=1S/C34H27N/c1-4-5-6-11-21-16-22-17-28-29-18-27-25-14-9-10-15-30(25)34(2,3)31(27)20-33(29)35-32(28)19-26(22)24-13-8-7-12-23(21)24/h4-20,35H,1-3H3/b5-4-,11-6-. The van der Waals surface area contributed by atoms with Gasteiger partial charge in [0.15, 0.2) is 0 Å². The molecule has 1 aliphatic rings. The van der Waals surface area contributed by atoms with E-state index in [1.54, 1.807) is 0 Å². The number of aromatic nitrogens is 1. The van der Waals surface area contributed by atoms with Gasteiger partial charge in [-0.2, -0.15) is 0 Å². The quantitative estimate of drug-likeness (QED) is 0.200. The van der Waals surface area contributed by atoms with Gasteiger partial charge in [-0.1, -0.05) is 86.7 Å². The first-order valence-electron chi connectivity index (χ1n) is 12.4. The molecule has 0 unspecified atom stereocenters. The summed E-state index contributed by atoms with van der Waals surface area (Å²) in [4.78, 5) is 3.76. The van der Waals surface area contributed by atoms with Crippen molar-refractivity contribution in [3.8, 4) is 11.1 Å². The molecule has 1 heterocycles. The maximum Gasteiger partial charge on any atom is 0.0471 e. The van der Waals surface area contributed by atoms with Gasteiger partial charge in [0.05, 0.1) is 0 Å². The molecule has 7 rings (SSSR count). The predicted molar refractivity (Wildman–Crippen MR) is 152 cm³/mol. The van der Waals surface area contributed by atoms with Crippen molar-refractivity contribution in [1.82, 2.24) is 4.98 Å². The predicted octanol–water partition coefficient (Wildman–Crippen LogP) is 9.52. The maximum atomic E-state index is 3.76. The SMILES string of the molecule is C/C=C\C=C/c1cc2cc3c(cc2c2ccccc12)[nH]c1cc2c(cc13)-c1ccccc1C2(C)C. The third-order valence-electron chi connectivity index (χ3n) is 7.89. The third-order valence-corrected chi connectivity index (χ3v) is 7.89. The first-order valence-corrected chi connectivity index (χ1v) is 12.4. The molecular formula is C34H27N. The molecule has 0 fully saturated rings. The second kappa shape index (κ2) is 7.20. The van der Waals surface area contributed by atoms with Gasteiger partial charge in [-0.25, -0.2) is 0 Å². The lowest BCUT2D eigenvalue weighted by atomic mass is 9.82. The Morgan fingerprint density at radius 1 is 0.629 bits per heavy atom. The zero-order chi connectivity index (χ0) is 23.7. The molecule has 0 amide bonds. The van der Waals surface area contributed by atoms with E-state index in [9.17, 15) is 0 Å². The molecule has 168 valence electrons. The van der Waals surface area contributed by atoms with Crippen molar-refractivity contribution in [3.63, 3.8) is 0 Å². The monoisotopic (exact) mass is 449 g/mol. The van der Waals surface area contributed by atoms with E-state index in [2.05, 4.69) is 122 Å². The van der Waals surface area contributed by atoms with Gasteiger partial charge in [0.1, 0.15) is 0 Å². The second-order valence-corrected chi connectivity index (χ2v) is 10.3. The Bertz CT molecular complexity index is 1870. The third kappa shape index (κ3) is 2.82. The summed E-state index contributed by atoms with van der Waals surface area (Å²) in [5.41, 5.74) is 9.23. The van der Waals surface area contributed by atoms with Gasteiger partial charge in [-0.3, -0.25) is 0 Å². The minimum Gasteiger partial charge on any atom is -0.354 e. The van der Waals surface area contributed by atoms with Gasteiger partial charge in [0, 0.05) is 27.2 Å². The lowest BCUT2D eigenvalue weighted by molar-refractivity contribution is 0.661. The van der Waals surface area contributed by atoms with Crippen molar-refractivity contribution in [3.05, 3.63) is 114 Å². The van der Waals surface area contributed by atoms with E-state index in [0.717, 1.165) is 0 Å². The van der Waals surface area contributed by atoms with Crippen molar-refractivity contribution in [2.45, 2.75) is 26.2 Å². The van der Waals surface area contributed by atoms with Gasteiger partial charge in [0.2, 0.25) is 0 Å². The lowest BCUT2D eigenvalue weighted by Gasteiger charge is -2.21. The fourth-order valence-electron chi connectivity index (χ4n) is 6.14. The van der Waals surface area contributed by atoms with Crippen LogP contribution in [0, 0.1) is 0 Å². The normalized spacial score (nSPS) is 14.7. The van der Waals surface area contributed by atoms with Gasteiger partial charge in [-0.05, 0) is 86.6 Å². The number of allylic oxidation sites excluding steroid dienone is 3. The molecular weight excluding hydrogens is 422 g/mol. The van der Waals surface area contributed by atoms with Crippen molar-refractivity contribution >= 4 is 49.4 Å². The Balaban J connectivity index is 1.54. The fourth-order valence-corrected chi connectivity index (χ4v) is 6.14. The highest BCUT2D eigenvalue weighted by Crippen LogP contribution is 2.50. The molecule has 35 heavy (non-hydrogen) atoms. The molecule has 0 atom stereocenters. The zero-order valence-corrected chi connectivity index (χ0v) is 20.3. The van der Waals surface area contributed by atoms with Crippen molar-refractivity contribution < 1.29 is 0 Å². The van der Waals surface area contributed by atoms with Crippen LogP contribution < -0.4 is 0 Å². The first-order chi connectivity index (χ1) is 17.1. The molecule has 1 nitrogen and oxygen atoms in total. The lowest BCUT2D eigenvalue weighted by Crippen LogP contribution is -2.14. The van der Waals surface area contributed by atoms with Crippen LogP contribution in [0.25, 0.3) is 60.6 Å². The number of hydrogen-bond acceptors (Lipinski definition) is 0. The second-order valence-electron chi connectivity index (χ2n) is 10.3. The molecule has 6 aromatic rings. The van der Waals surface area contributed by atoms with Crippen LogP contribution in [0.4, 0.5) is 0 Å². The summed E-state index contributed by atoms with van der Waals surface area (Å²) >= 11 is 0. The molecule has 0 bridgehead atoms. The summed E-state index contributed by atoms with van der Waals surface area (Å²) in [6.45, 7) is 6.73. The minimum atomic E-state index is 0.00645. The number of nitrogens with one attached hydrogen (secondary N) is 1. The molecule has 0 saturated carbocycles. The summed E-state index contributed by atoms with van der Waals surface area (Å²) in [5.74, 6) is 0. The average Bonchev–Trinajstić information content (AvgIpc) is 3.33. The van der Waals surface area contributed by atoms with Gasteiger partial charge in [-0.15, -0.1) is 0 Å². The molecule has 0 aliphatic heterocycles. The van der Waals surface area contributed by atoms with E-state index in [1.165, 1.54) is 71.2 Å². The van der Waals surface area contributed by atoms with Crippen LogP contribution in [0.3, 0.4) is 0 Å². The maximum absolute atomic E-state index is 3.76. The first kappa shape index (κ1) is 20.3. The van der Waals surface area contributed by atoms with Crippen LogP contribution in [0.2, 0.25) is 0 Å². The van der Waals surface area contributed by atoms with E-state index in [0.29, 0.717) is 0 Å². The van der Waals surface area contributed by atoms with E-state index in [-0.39, 0.29) is 5.41 Å². The Kier molecular flexibility index (Phi) is 4.17. The van der Waals surface area contributed by atoms with E-state index < -0.39 is 0 Å². The molecule has 0 spiro atoms. The summed E-state index contributed by atoms with van der Waals surface area (Å²) in [6.07, 6.45) is 8.49. The largest absolute Gasteiger partial charge is 0.354 e. The van der Waals surface area contributed by atoms with E-state index in [4.69, 9.17) is 0 Å². The number of rotatable bonds is 2. The smallest absolute Gasteiger partial charge is 0.0471 e. The Morgan fingerprint density at radius 2 is 1.37 bits per heavy atom. The highest BCUT2D eigenvalue weighted by Gasteiger charge is 2.35. The highest BCUT2D eigenvalue weighted by atomic mass is 14.7. The molecule has 1 N–H and O–H groups in total. The molecule has 1 aromatic heterocycles. The Labute approximate surface area is 205 Å². The van der Waals surface area contributed by atoms with Crippen molar-refractivity contribution in [2.24, 2.45) is 0 Å². The molecule has 1 heteroatoms. The fraction of sp³-hybridized carbons (Fsp3) is 0.118. The van der Waals surface area contributed by atoms with Crippen LogP contribution in [-0.2, 0) is 5.41 Å². The van der Waals surface area contributed by atoms with Crippen LogP contribution in [-0.4, -0.2) is 4.98 Å². The van der Waals surface area contributed by atoms with Crippen LogP contribution in [0.1, 0.15) is 37.5 Å². The topological polar surface area (TPSA) is 15.8 Å². The van der Waals surface area contributed by atoms with Crippen molar-refractivity contribution in [2.75, 3.05) is 0 Å². The minimum absolute atomic E-state index is 0.00645. The number of benzene rings is 5.